The van der Waals surface area contributed by atoms with Crippen LogP contribution in [-0.2, 0) is 4.79 Å². The number of nitriles is 1. The van der Waals surface area contributed by atoms with Crippen molar-refractivity contribution < 1.29 is 9.53 Å². The standard InChI is InChI=1S/C18H18N2O2/c1-12-8-9-17(13(2)10-12)22-14(3)18(21)20-16-7-5-4-6-15(16)11-19/h4-10,14H,1-3H3,(H,20,21). The summed E-state index contributed by atoms with van der Waals surface area (Å²) >= 11 is 0. The number of hydrogen-bond donors (Lipinski definition) is 1. The quantitative estimate of drug-likeness (QED) is 0.937. The number of rotatable bonds is 4. The van der Waals surface area contributed by atoms with Gasteiger partial charge in [0.15, 0.2) is 6.10 Å². The third-order valence-corrected chi connectivity index (χ3v) is 3.31. The number of benzene rings is 2. The first-order chi connectivity index (χ1) is 10.5. The molecule has 1 amide bonds. The van der Waals surface area contributed by atoms with Crippen molar-refractivity contribution in [2.75, 3.05) is 5.32 Å². The molecule has 0 spiro atoms. The Morgan fingerprint density at radius 1 is 1.23 bits per heavy atom. The highest BCUT2D eigenvalue weighted by Gasteiger charge is 2.17. The summed E-state index contributed by atoms with van der Waals surface area (Å²) in [5, 5.41) is 11.8. The Hall–Kier alpha value is -2.80. The van der Waals surface area contributed by atoms with E-state index in [1.807, 2.05) is 38.1 Å². The second-order valence-electron chi connectivity index (χ2n) is 5.18. The number of ether oxygens (including phenoxy) is 1. The fourth-order valence-electron chi connectivity index (χ4n) is 2.10. The lowest BCUT2D eigenvalue weighted by molar-refractivity contribution is -0.122. The van der Waals surface area contributed by atoms with Gasteiger partial charge in [0.2, 0.25) is 0 Å². The summed E-state index contributed by atoms with van der Waals surface area (Å²) in [5.41, 5.74) is 3.04. The molecule has 0 saturated carbocycles. The SMILES string of the molecule is Cc1ccc(OC(C)C(=O)Nc2ccccc2C#N)c(C)c1. The molecule has 2 aromatic rings. The fourth-order valence-corrected chi connectivity index (χ4v) is 2.10. The summed E-state index contributed by atoms with van der Waals surface area (Å²) in [6.07, 6.45) is -0.659. The number of nitrogens with one attached hydrogen (secondary N) is 1. The van der Waals surface area contributed by atoms with E-state index < -0.39 is 6.10 Å². The minimum Gasteiger partial charge on any atom is -0.481 e. The van der Waals surface area contributed by atoms with Crippen molar-refractivity contribution in [2.24, 2.45) is 0 Å². The third kappa shape index (κ3) is 3.64. The first kappa shape index (κ1) is 15.6. The number of hydrogen-bond acceptors (Lipinski definition) is 3. The number of nitrogens with zero attached hydrogens (tertiary/aromatic N) is 1. The largest absolute Gasteiger partial charge is 0.481 e. The van der Waals surface area contributed by atoms with Gasteiger partial charge < -0.3 is 10.1 Å². The number of anilines is 1. The van der Waals surface area contributed by atoms with Crippen molar-refractivity contribution in [2.45, 2.75) is 26.9 Å². The molecule has 0 radical (unpaired) electrons. The maximum absolute atomic E-state index is 12.2. The van der Waals surface area contributed by atoms with E-state index in [1.54, 1.807) is 31.2 Å². The molecular weight excluding hydrogens is 276 g/mol. The average molecular weight is 294 g/mol. The molecule has 0 heterocycles. The molecule has 22 heavy (non-hydrogen) atoms. The predicted molar refractivity (Wildman–Crippen MR) is 85.8 cm³/mol. The number of aryl methyl sites for hydroxylation is 2. The van der Waals surface area contributed by atoms with E-state index in [-0.39, 0.29) is 5.91 Å². The normalized spacial score (nSPS) is 11.4. The monoisotopic (exact) mass is 294 g/mol. The maximum atomic E-state index is 12.2. The molecule has 0 aliphatic carbocycles. The van der Waals surface area contributed by atoms with Crippen molar-refractivity contribution in [3.8, 4) is 11.8 Å². The maximum Gasteiger partial charge on any atom is 0.265 e. The van der Waals surface area contributed by atoms with Gasteiger partial charge in [0.1, 0.15) is 11.8 Å². The molecule has 0 aliphatic rings. The zero-order valence-corrected chi connectivity index (χ0v) is 12.9. The molecule has 1 atom stereocenters. The van der Waals surface area contributed by atoms with Crippen LogP contribution in [0.5, 0.6) is 5.75 Å². The Morgan fingerprint density at radius 2 is 1.95 bits per heavy atom. The average Bonchev–Trinajstić information content (AvgIpc) is 2.50. The van der Waals surface area contributed by atoms with E-state index in [9.17, 15) is 4.79 Å². The third-order valence-electron chi connectivity index (χ3n) is 3.31. The summed E-state index contributed by atoms with van der Waals surface area (Å²) in [7, 11) is 0. The van der Waals surface area contributed by atoms with E-state index in [0.29, 0.717) is 17.0 Å². The number of carbonyl (C=O) groups is 1. The summed E-state index contributed by atoms with van der Waals surface area (Å²) in [4.78, 5) is 12.2. The molecule has 2 aromatic carbocycles. The second-order valence-corrected chi connectivity index (χ2v) is 5.18. The molecule has 0 saturated heterocycles. The van der Waals surface area contributed by atoms with Crippen LogP contribution in [0.15, 0.2) is 42.5 Å². The van der Waals surface area contributed by atoms with Gasteiger partial charge in [0.05, 0.1) is 11.3 Å². The van der Waals surface area contributed by atoms with Gasteiger partial charge in [-0.1, -0.05) is 29.8 Å². The van der Waals surface area contributed by atoms with Crippen LogP contribution in [0.3, 0.4) is 0 Å². The number of carbonyl (C=O) groups excluding carboxylic acids is 1. The van der Waals surface area contributed by atoms with Crippen LogP contribution in [0.25, 0.3) is 0 Å². The Morgan fingerprint density at radius 3 is 2.64 bits per heavy atom. The van der Waals surface area contributed by atoms with Gasteiger partial charge in [-0.15, -0.1) is 0 Å². The van der Waals surface area contributed by atoms with E-state index in [4.69, 9.17) is 10.00 Å². The molecule has 2 rings (SSSR count). The van der Waals surface area contributed by atoms with Crippen LogP contribution in [0.1, 0.15) is 23.6 Å². The van der Waals surface area contributed by atoms with Crippen molar-refractivity contribution >= 4 is 11.6 Å². The molecule has 0 bridgehead atoms. The molecule has 0 aromatic heterocycles. The minimum absolute atomic E-state index is 0.289. The van der Waals surface area contributed by atoms with Gasteiger partial charge in [0.25, 0.3) is 5.91 Å². The molecule has 4 heteroatoms. The summed E-state index contributed by atoms with van der Waals surface area (Å²) in [5.74, 6) is 0.393. The topological polar surface area (TPSA) is 62.1 Å². The molecule has 4 nitrogen and oxygen atoms in total. The predicted octanol–water partition coefficient (Wildman–Crippen LogP) is 3.58. The van der Waals surface area contributed by atoms with Crippen molar-refractivity contribution in [1.29, 1.82) is 5.26 Å². The Labute approximate surface area is 130 Å². The van der Waals surface area contributed by atoms with E-state index >= 15 is 0 Å². The van der Waals surface area contributed by atoms with E-state index in [0.717, 1.165) is 11.1 Å². The fraction of sp³-hybridized carbons (Fsp3) is 0.222. The lowest BCUT2D eigenvalue weighted by Crippen LogP contribution is -2.30. The summed E-state index contributed by atoms with van der Waals surface area (Å²) in [6, 6.07) is 14.7. The Balaban J connectivity index is 2.08. The Kier molecular flexibility index (Phi) is 4.80. The van der Waals surface area contributed by atoms with Crippen LogP contribution in [0.4, 0.5) is 5.69 Å². The zero-order chi connectivity index (χ0) is 16.1. The first-order valence-electron chi connectivity index (χ1n) is 7.05. The van der Waals surface area contributed by atoms with Crippen LogP contribution in [0.2, 0.25) is 0 Å². The van der Waals surface area contributed by atoms with Gasteiger partial charge in [-0.2, -0.15) is 5.26 Å². The number of para-hydroxylation sites is 1. The van der Waals surface area contributed by atoms with Crippen molar-refractivity contribution in [3.05, 3.63) is 59.2 Å². The summed E-state index contributed by atoms with van der Waals surface area (Å²) < 4.78 is 5.71. The van der Waals surface area contributed by atoms with Crippen LogP contribution in [-0.4, -0.2) is 12.0 Å². The lowest BCUT2D eigenvalue weighted by Gasteiger charge is -2.17. The van der Waals surface area contributed by atoms with E-state index in [1.165, 1.54) is 0 Å². The highest BCUT2D eigenvalue weighted by Crippen LogP contribution is 2.21. The van der Waals surface area contributed by atoms with Gasteiger partial charge in [-0.3, -0.25) is 4.79 Å². The van der Waals surface area contributed by atoms with E-state index in [2.05, 4.69) is 5.32 Å². The van der Waals surface area contributed by atoms with Crippen LogP contribution >= 0.6 is 0 Å². The van der Waals surface area contributed by atoms with Crippen molar-refractivity contribution in [1.82, 2.24) is 0 Å². The van der Waals surface area contributed by atoms with Gasteiger partial charge in [-0.25, -0.2) is 0 Å². The van der Waals surface area contributed by atoms with Gasteiger partial charge >= 0.3 is 0 Å². The number of amides is 1. The molecule has 0 aliphatic heterocycles. The van der Waals surface area contributed by atoms with Crippen LogP contribution in [0, 0.1) is 25.2 Å². The second kappa shape index (κ2) is 6.77. The summed E-state index contributed by atoms with van der Waals surface area (Å²) in [6.45, 7) is 5.63. The minimum atomic E-state index is -0.659. The highest BCUT2D eigenvalue weighted by molar-refractivity contribution is 5.95. The van der Waals surface area contributed by atoms with Crippen molar-refractivity contribution in [3.63, 3.8) is 0 Å². The highest BCUT2D eigenvalue weighted by atomic mass is 16.5. The molecule has 1 unspecified atom stereocenters. The molecular formula is C18H18N2O2. The molecule has 112 valence electrons. The smallest absolute Gasteiger partial charge is 0.265 e. The Bertz CT molecular complexity index is 732. The lowest BCUT2D eigenvalue weighted by atomic mass is 10.1. The van der Waals surface area contributed by atoms with Gasteiger partial charge in [-0.05, 0) is 44.5 Å². The zero-order valence-electron chi connectivity index (χ0n) is 12.9. The molecule has 0 fully saturated rings. The van der Waals surface area contributed by atoms with Crippen LogP contribution < -0.4 is 10.1 Å². The first-order valence-corrected chi connectivity index (χ1v) is 7.05. The molecule has 1 N–H and O–H groups in total. The van der Waals surface area contributed by atoms with Gasteiger partial charge in [0, 0.05) is 0 Å².